The largest absolute Gasteiger partial charge is 0.354 e. The zero-order valence-corrected chi connectivity index (χ0v) is 17.3. The smallest absolute Gasteiger partial charge is 0.256 e. The van der Waals surface area contributed by atoms with Gasteiger partial charge in [-0.1, -0.05) is 0 Å². The van der Waals surface area contributed by atoms with Gasteiger partial charge in [0.15, 0.2) is 12.1 Å². The van der Waals surface area contributed by atoms with Gasteiger partial charge in [0.05, 0.1) is 30.6 Å². The second-order valence-corrected chi connectivity index (χ2v) is 7.37. The van der Waals surface area contributed by atoms with E-state index in [1.54, 1.807) is 46.4 Å². The lowest BCUT2D eigenvalue weighted by molar-refractivity contribution is 0.0172. The second kappa shape index (κ2) is 8.83. The fraction of sp³-hybridized carbons (Fsp3) is 0.174. The molecule has 1 amide bonds. The van der Waals surface area contributed by atoms with Gasteiger partial charge in [-0.25, -0.2) is 18.7 Å². The topological polar surface area (TPSA) is 86.0 Å². The molecule has 10 heteroatoms. The van der Waals surface area contributed by atoms with Gasteiger partial charge in [0.1, 0.15) is 17.3 Å². The Bertz CT molecular complexity index is 1280. The summed E-state index contributed by atoms with van der Waals surface area (Å²) in [4.78, 5) is 27.4. The van der Waals surface area contributed by atoms with Gasteiger partial charge in [-0.15, -0.1) is 0 Å². The summed E-state index contributed by atoms with van der Waals surface area (Å²) in [6, 6.07) is 10.2. The van der Waals surface area contributed by atoms with Crippen LogP contribution in [0.2, 0.25) is 0 Å². The maximum absolute atomic E-state index is 14.1. The van der Waals surface area contributed by atoms with Crippen LogP contribution in [-0.4, -0.2) is 54.9 Å². The Hall–Kier alpha value is -4.05. The van der Waals surface area contributed by atoms with Crippen LogP contribution in [0.4, 0.5) is 8.78 Å². The Morgan fingerprint density at radius 2 is 1.85 bits per heavy atom. The zero-order chi connectivity index (χ0) is 22.8. The first-order valence-corrected chi connectivity index (χ1v) is 10.2. The van der Waals surface area contributed by atoms with E-state index < -0.39 is 17.9 Å². The van der Waals surface area contributed by atoms with E-state index >= 15 is 0 Å². The molecule has 1 aliphatic heterocycles. The van der Waals surface area contributed by atoms with Crippen molar-refractivity contribution in [2.45, 2.75) is 12.8 Å². The van der Waals surface area contributed by atoms with Gasteiger partial charge >= 0.3 is 0 Å². The standard InChI is InChI=1S/C23H18F2N6O2/c24-15-2-4-17(22-26-7-1-8-27-22)18(12-15)23(32)31-10-11-33-21(31)14-30-9-6-20(29-30)19-5-3-16(25)13-28-19/h1-9,12-13,21H,10-11,14H2. The summed E-state index contributed by atoms with van der Waals surface area (Å²) in [6.45, 7) is 0.957. The number of halogens is 2. The Labute approximate surface area is 187 Å². The van der Waals surface area contributed by atoms with Crippen molar-refractivity contribution in [3.63, 3.8) is 0 Å². The first-order valence-electron chi connectivity index (χ1n) is 10.2. The number of ether oxygens (including phenoxy) is 1. The molecular formula is C23H18F2N6O2. The van der Waals surface area contributed by atoms with E-state index in [0.717, 1.165) is 6.20 Å². The molecule has 0 radical (unpaired) electrons. The van der Waals surface area contributed by atoms with Gasteiger partial charge in [-0.2, -0.15) is 5.10 Å². The van der Waals surface area contributed by atoms with Crippen LogP contribution in [-0.2, 0) is 11.3 Å². The molecule has 3 aromatic heterocycles. The molecule has 0 aliphatic carbocycles. The van der Waals surface area contributed by atoms with Gasteiger partial charge in [-0.3, -0.25) is 14.5 Å². The molecule has 0 spiro atoms. The van der Waals surface area contributed by atoms with Crippen LogP contribution >= 0.6 is 0 Å². The first kappa shape index (κ1) is 20.8. The van der Waals surface area contributed by atoms with Crippen molar-refractivity contribution in [1.82, 2.24) is 29.6 Å². The number of aromatic nitrogens is 5. The molecule has 1 unspecified atom stereocenters. The molecule has 0 saturated carbocycles. The van der Waals surface area contributed by atoms with Crippen LogP contribution in [0.5, 0.6) is 0 Å². The number of rotatable bonds is 5. The summed E-state index contributed by atoms with van der Waals surface area (Å²) in [5, 5.41) is 4.45. The van der Waals surface area contributed by atoms with Gasteiger partial charge in [0.25, 0.3) is 5.91 Å². The van der Waals surface area contributed by atoms with Gasteiger partial charge in [-0.05, 0) is 42.5 Å². The summed E-state index contributed by atoms with van der Waals surface area (Å²) < 4.78 is 34.6. The van der Waals surface area contributed by atoms with Gasteiger partial charge < -0.3 is 9.64 Å². The highest BCUT2D eigenvalue weighted by Crippen LogP contribution is 2.25. The number of benzene rings is 1. The maximum atomic E-state index is 14.1. The quantitative estimate of drug-likeness (QED) is 0.466. The first-order chi connectivity index (χ1) is 16.1. The lowest BCUT2D eigenvalue weighted by Crippen LogP contribution is -2.39. The lowest BCUT2D eigenvalue weighted by Gasteiger charge is -2.24. The van der Waals surface area contributed by atoms with E-state index in [0.29, 0.717) is 35.9 Å². The Morgan fingerprint density at radius 3 is 2.64 bits per heavy atom. The minimum absolute atomic E-state index is 0.161. The van der Waals surface area contributed by atoms with Crippen molar-refractivity contribution in [2.24, 2.45) is 0 Å². The number of amides is 1. The van der Waals surface area contributed by atoms with E-state index in [2.05, 4.69) is 20.1 Å². The average Bonchev–Trinajstić information content (AvgIpc) is 3.50. The van der Waals surface area contributed by atoms with Crippen LogP contribution in [0, 0.1) is 11.6 Å². The summed E-state index contributed by atoms with van der Waals surface area (Å²) in [6.07, 6.45) is 5.39. The molecule has 0 bridgehead atoms. The van der Waals surface area contributed by atoms with Crippen LogP contribution in [0.1, 0.15) is 10.4 Å². The minimum atomic E-state index is -0.598. The number of carbonyl (C=O) groups excluding carboxylic acids is 1. The van der Waals surface area contributed by atoms with Crippen molar-refractivity contribution in [2.75, 3.05) is 13.2 Å². The Balaban J connectivity index is 1.38. The molecule has 0 N–H and O–H groups in total. The van der Waals surface area contributed by atoms with Crippen molar-refractivity contribution in [3.8, 4) is 22.8 Å². The molecule has 1 fully saturated rings. The number of hydrogen-bond donors (Lipinski definition) is 0. The van der Waals surface area contributed by atoms with Crippen molar-refractivity contribution in [3.05, 3.63) is 84.4 Å². The lowest BCUT2D eigenvalue weighted by atomic mass is 10.0. The highest BCUT2D eigenvalue weighted by atomic mass is 19.1. The van der Waals surface area contributed by atoms with E-state index in [9.17, 15) is 13.6 Å². The predicted molar refractivity (Wildman–Crippen MR) is 114 cm³/mol. The summed E-state index contributed by atoms with van der Waals surface area (Å²) in [7, 11) is 0. The number of carbonyl (C=O) groups is 1. The normalized spacial score (nSPS) is 15.7. The van der Waals surface area contributed by atoms with Crippen LogP contribution < -0.4 is 0 Å². The molecule has 1 aromatic carbocycles. The van der Waals surface area contributed by atoms with Crippen molar-refractivity contribution >= 4 is 5.91 Å². The van der Waals surface area contributed by atoms with Gasteiger partial charge in [0, 0.05) is 30.7 Å². The minimum Gasteiger partial charge on any atom is -0.354 e. The second-order valence-electron chi connectivity index (χ2n) is 7.37. The SMILES string of the molecule is O=C(c1cc(F)ccc1-c1ncccn1)N1CCOC1Cn1ccc(-c2ccc(F)cn2)n1. The van der Waals surface area contributed by atoms with E-state index in [1.807, 2.05) is 0 Å². The molecule has 4 heterocycles. The predicted octanol–water partition coefficient (Wildman–Crippen LogP) is 3.18. The fourth-order valence-corrected chi connectivity index (χ4v) is 3.67. The monoisotopic (exact) mass is 448 g/mol. The number of hydrogen-bond acceptors (Lipinski definition) is 6. The third kappa shape index (κ3) is 4.33. The fourth-order valence-electron chi connectivity index (χ4n) is 3.67. The zero-order valence-electron chi connectivity index (χ0n) is 17.3. The van der Waals surface area contributed by atoms with Crippen LogP contribution in [0.3, 0.4) is 0 Å². The maximum Gasteiger partial charge on any atom is 0.256 e. The average molecular weight is 448 g/mol. The number of nitrogens with zero attached hydrogens (tertiary/aromatic N) is 6. The molecule has 1 aliphatic rings. The molecular weight excluding hydrogens is 430 g/mol. The van der Waals surface area contributed by atoms with Crippen molar-refractivity contribution < 1.29 is 18.3 Å². The van der Waals surface area contributed by atoms with Crippen molar-refractivity contribution in [1.29, 1.82) is 0 Å². The number of pyridine rings is 1. The summed E-state index contributed by atoms with van der Waals surface area (Å²) in [5.74, 6) is -1.00. The highest BCUT2D eigenvalue weighted by molar-refractivity contribution is 6.00. The van der Waals surface area contributed by atoms with E-state index in [1.165, 1.54) is 24.3 Å². The third-order valence-electron chi connectivity index (χ3n) is 5.24. The third-order valence-corrected chi connectivity index (χ3v) is 5.24. The molecule has 5 rings (SSSR count). The molecule has 33 heavy (non-hydrogen) atoms. The molecule has 1 atom stereocenters. The van der Waals surface area contributed by atoms with Crippen LogP contribution in [0.25, 0.3) is 22.8 Å². The van der Waals surface area contributed by atoms with Gasteiger partial charge in [0.2, 0.25) is 0 Å². The highest BCUT2D eigenvalue weighted by Gasteiger charge is 2.32. The van der Waals surface area contributed by atoms with E-state index in [-0.39, 0.29) is 18.0 Å². The molecule has 8 nitrogen and oxygen atoms in total. The summed E-state index contributed by atoms with van der Waals surface area (Å²) in [5.41, 5.74) is 1.70. The van der Waals surface area contributed by atoms with Crippen LogP contribution in [0.15, 0.2) is 67.3 Å². The molecule has 1 saturated heterocycles. The molecule has 166 valence electrons. The van der Waals surface area contributed by atoms with E-state index in [4.69, 9.17) is 4.74 Å². The molecule has 4 aromatic rings. The Kier molecular flexibility index (Phi) is 5.57. The summed E-state index contributed by atoms with van der Waals surface area (Å²) >= 11 is 0. The Morgan fingerprint density at radius 1 is 1.03 bits per heavy atom.